The van der Waals surface area contributed by atoms with Crippen molar-refractivity contribution in [1.82, 2.24) is 15.3 Å². The molecule has 6 nitrogen and oxygen atoms in total. The van der Waals surface area contributed by atoms with E-state index in [9.17, 15) is 18.0 Å². The number of benzene rings is 1. The molecule has 2 aromatic rings. The van der Waals surface area contributed by atoms with Crippen LogP contribution in [0.1, 0.15) is 47.2 Å². The van der Waals surface area contributed by atoms with E-state index in [2.05, 4.69) is 20.6 Å². The molecule has 2 N–H and O–H groups in total. The number of carbonyl (C=O) groups excluding carboxylic acids is 1. The molecule has 168 valence electrons. The number of nitrogens with zero attached hydrogens (tertiary/aromatic N) is 3. The Morgan fingerprint density at radius 2 is 1.81 bits per heavy atom. The monoisotopic (exact) mass is 455 g/mol. The fraction of sp³-hybridized carbons (Fsp3) is 0.476. The van der Waals surface area contributed by atoms with E-state index in [4.69, 9.17) is 11.6 Å². The normalized spacial score (nSPS) is 19.1. The number of hydrogen-bond donors (Lipinski definition) is 2. The number of amides is 1. The molecule has 0 saturated heterocycles. The van der Waals surface area contributed by atoms with Crippen molar-refractivity contribution in [2.24, 2.45) is 0 Å². The Bertz CT molecular complexity index is 943. The highest BCUT2D eigenvalue weighted by atomic mass is 35.5. The molecule has 1 amide bonds. The van der Waals surface area contributed by atoms with Gasteiger partial charge in [-0.05, 0) is 50.8 Å². The van der Waals surface area contributed by atoms with E-state index in [1.807, 2.05) is 25.9 Å². The molecule has 1 saturated carbocycles. The van der Waals surface area contributed by atoms with Gasteiger partial charge in [-0.3, -0.25) is 4.79 Å². The number of nitrogens with one attached hydrogen (secondary N) is 2. The zero-order valence-electron chi connectivity index (χ0n) is 17.6. The maximum atomic E-state index is 13.0. The second-order valence-corrected chi connectivity index (χ2v) is 8.36. The summed E-state index contributed by atoms with van der Waals surface area (Å²) in [7, 11) is 3.84. The molecule has 1 aliphatic rings. The Labute approximate surface area is 184 Å². The van der Waals surface area contributed by atoms with E-state index in [-0.39, 0.29) is 17.6 Å². The maximum Gasteiger partial charge on any atom is 0.417 e. The number of anilines is 2. The maximum absolute atomic E-state index is 13.0. The lowest BCUT2D eigenvalue weighted by Gasteiger charge is -2.30. The van der Waals surface area contributed by atoms with Gasteiger partial charge in [-0.15, -0.1) is 0 Å². The van der Waals surface area contributed by atoms with Gasteiger partial charge < -0.3 is 15.5 Å². The summed E-state index contributed by atoms with van der Waals surface area (Å²) in [6.45, 7) is 1.95. The van der Waals surface area contributed by atoms with Gasteiger partial charge in [0.25, 0.3) is 5.91 Å². The molecular weight excluding hydrogens is 431 g/mol. The Hall–Kier alpha value is -2.55. The molecule has 1 fully saturated rings. The summed E-state index contributed by atoms with van der Waals surface area (Å²) in [5, 5.41) is 5.75. The highest BCUT2D eigenvalue weighted by Crippen LogP contribution is 2.35. The first kappa shape index (κ1) is 23.1. The molecule has 0 atom stereocenters. The van der Waals surface area contributed by atoms with Crippen LogP contribution in [0.15, 0.2) is 24.4 Å². The number of halogens is 4. The standard InChI is InChI=1S/C21H25ClF3N5O/c1-12-11-26-20(29-18(12)30(2)3)28-15-7-5-14(6-8-15)27-19(31)13-4-9-17(22)16(10-13)21(23,24)25/h4,9-11,14-15H,5-8H2,1-3H3,(H,27,31)(H,26,28,29)/t14-,15+. The molecule has 1 aromatic heterocycles. The summed E-state index contributed by atoms with van der Waals surface area (Å²) in [4.78, 5) is 23.2. The first-order chi connectivity index (χ1) is 14.5. The Kier molecular flexibility index (Phi) is 6.93. The number of carbonyl (C=O) groups is 1. The molecule has 0 aliphatic heterocycles. The summed E-state index contributed by atoms with van der Waals surface area (Å²) in [5.74, 6) is 0.873. The summed E-state index contributed by atoms with van der Waals surface area (Å²) < 4.78 is 39.1. The lowest BCUT2D eigenvalue weighted by atomic mass is 9.91. The van der Waals surface area contributed by atoms with Crippen LogP contribution in [0.5, 0.6) is 0 Å². The summed E-state index contributed by atoms with van der Waals surface area (Å²) in [6.07, 6.45) is 0.145. The van der Waals surface area contributed by atoms with Crippen LogP contribution in [0.25, 0.3) is 0 Å². The largest absolute Gasteiger partial charge is 0.417 e. The quantitative estimate of drug-likeness (QED) is 0.685. The second-order valence-electron chi connectivity index (χ2n) is 7.95. The third-order valence-electron chi connectivity index (χ3n) is 5.30. The van der Waals surface area contributed by atoms with Crippen molar-refractivity contribution in [2.75, 3.05) is 24.3 Å². The van der Waals surface area contributed by atoms with Gasteiger partial charge in [0.2, 0.25) is 5.95 Å². The smallest absolute Gasteiger partial charge is 0.362 e. The van der Waals surface area contributed by atoms with Crippen LogP contribution >= 0.6 is 11.6 Å². The predicted octanol–water partition coefficient (Wildman–Crippen LogP) is 4.68. The van der Waals surface area contributed by atoms with Crippen LogP contribution in [0.4, 0.5) is 24.9 Å². The molecule has 0 unspecified atom stereocenters. The summed E-state index contributed by atoms with van der Waals surface area (Å²) >= 11 is 5.62. The van der Waals surface area contributed by atoms with Gasteiger partial charge in [-0.25, -0.2) is 4.98 Å². The SMILES string of the molecule is Cc1cnc(N[C@H]2CC[C@@H](NC(=O)c3ccc(Cl)c(C(F)(F)F)c3)CC2)nc1N(C)C. The third-order valence-corrected chi connectivity index (χ3v) is 5.63. The Balaban J connectivity index is 1.56. The van der Waals surface area contributed by atoms with Crippen LogP contribution in [-0.4, -0.2) is 42.1 Å². The van der Waals surface area contributed by atoms with Gasteiger partial charge in [-0.2, -0.15) is 18.2 Å². The average molecular weight is 456 g/mol. The van der Waals surface area contributed by atoms with E-state index >= 15 is 0 Å². The highest BCUT2D eigenvalue weighted by molar-refractivity contribution is 6.31. The van der Waals surface area contributed by atoms with Crippen molar-refractivity contribution in [3.05, 3.63) is 46.1 Å². The van der Waals surface area contributed by atoms with Gasteiger partial charge in [0.1, 0.15) is 5.82 Å². The third kappa shape index (κ3) is 5.78. The lowest BCUT2D eigenvalue weighted by molar-refractivity contribution is -0.137. The van der Waals surface area contributed by atoms with E-state index in [0.717, 1.165) is 36.4 Å². The van der Waals surface area contributed by atoms with Crippen LogP contribution in [0, 0.1) is 6.92 Å². The van der Waals surface area contributed by atoms with Crippen molar-refractivity contribution < 1.29 is 18.0 Å². The molecule has 1 aliphatic carbocycles. The minimum atomic E-state index is -4.61. The van der Waals surface area contributed by atoms with Crippen molar-refractivity contribution in [3.63, 3.8) is 0 Å². The number of rotatable bonds is 5. The van der Waals surface area contributed by atoms with E-state index in [1.165, 1.54) is 6.07 Å². The van der Waals surface area contributed by atoms with Crippen LogP contribution in [-0.2, 0) is 6.18 Å². The zero-order chi connectivity index (χ0) is 22.8. The summed E-state index contributed by atoms with van der Waals surface area (Å²) in [5.41, 5.74) is -0.0796. The minimum Gasteiger partial charge on any atom is -0.362 e. The van der Waals surface area contributed by atoms with Crippen molar-refractivity contribution in [1.29, 1.82) is 0 Å². The Morgan fingerprint density at radius 1 is 1.16 bits per heavy atom. The average Bonchev–Trinajstić information content (AvgIpc) is 2.70. The van der Waals surface area contributed by atoms with Crippen molar-refractivity contribution in [2.45, 2.75) is 50.9 Å². The van der Waals surface area contributed by atoms with Gasteiger partial charge in [-0.1, -0.05) is 11.6 Å². The highest BCUT2D eigenvalue weighted by Gasteiger charge is 2.34. The van der Waals surface area contributed by atoms with Gasteiger partial charge >= 0.3 is 6.18 Å². The molecule has 1 aromatic carbocycles. The number of alkyl halides is 3. The van der Waals surface area contributed by atoms with Crippen molar-refractivity contribution in [3.8, 4) is 0 Å². The van der Waals surface area contributed by atoms with Crippen LogP contribution in [0.2, 0.25) is 5.02 Å². The molecular formula is C21H25ClF3N5O. The molecule has 3 rings (SSSR count). The van der Waals surface area contributed by atoms with Gasteiger partial charge in [0.15, 0.2) is 0 Å². The molecule has 10 heteroatoms. The van der Waals surface area contributed by atoms with E-state index in [0.29, 0.717) is 18.8 Å². The molecule has 31 heavy (non-hydrogen) atoms. The second kappa shape index (κ2) is 9.30. The molecule has 1 heterocycles. The van der Waals surface area contributed by atoms with E-state index < -0.39 is 22.7 Å². The van der Waals surface area contributed by atoms with Crippen LogP contribution in [0.3, 0.4) is 0 Å². The lowest BCUT2D eigenvalue weighted by Crippen LogP contribution is -2.40. The van der Waals surface area contributed by atoms with Gasteiger partial charge in [0.05, 0.1) is 10.6 Å². The number of hydrogen-bond acceptors (Lipinski definition) is 5. The zero-order valence-corrected chi connectivity index (χ0v) is 18.3. The van der Waals surface area contributed by atoms with Crippen LogP contribution < -0.4 is 15.5 Å². The predicted molar refractivity (Wildman–Crippen MR) is 115 cm³/mol. The Morgan fingerprint density at radius 3 is 2.42 bits per heavy atom. The molecule has 0 radical (unpaired) electrons. The number of aryl methyl sites for hydroxylation is 1. The van der Waals surface area contributed by atoms with Gasteiger partial charge in [0, 0.05) is 43.5 Å². The first-order valence-electron chi connectivity index (χ1n) is 9.99. The molecule has 0 bridgehead atoms. The minimum absolute atomic E-state index is 0.0544. The molecule has 0 spiro atoms. The summed E-state index contributed by atoms with van der Waals surface area (Å²) in [6, 6.07) is 3.26. The topological polar surface area (TPSA) is 70.1 Å². The van der Waals surface area contributed by atoms with Crippen molar-refractivity contribution >= 4 is 29.3 Å². The fourth-order valence-electron chi connectivity index (χ4n) is 3.67. The fourth-order valence-corrected chi connectivity index (χ4v) is 3.90. The van der Waals surface area contributed by atoms with E-state index in [1.54, 1.807) is 6.20 Å². The first-order valence-corrected chi connectivity index (χ1v) is 10.4. The number of aromatic nitrogens is 2.